The maximum absolute atomic E-state index is 13.7. The molecule has 1 aliphatic rings. The molecule has 4 atom stereocenters. The molecule has 1 aliphatic carbocycles. The molecule has 11 heteroatoms. The van der Waals surface area contributed by atoms with Gasteiger partial charge in [0.05, 0.1) is 10.9 Å². The minimum Gasteiger partial charge on any atom is -0.463 e. The first-order valence-electron chi connectivity index (χ1n) is 12.8. The van der Waals surface area contributed by atoms with Crippen molar-refractivity contribution in [3.05, 3.63) is 41.6 Å². The number of aromatic amines is 1. The van der Waals surface area contributed by atoms with Gasteiger partial charge in [-0.15, -0.1) is 11.8 Å². The van der Waals surface area contributed by atoms with Crippen molar-refractivity contribution in [1.82, 2.24) is 4.98 Å². The molecule has 2 N–H and O–H groups in total. The molecule has 10 nitrogen and oxygen atoms in total. The lowest BCUT2D eigenvalue weighted by atomic mass is 9.75. The molecule has 0 spiro atoms. The van der Waals surface area contributed by atoms with Crippen LogP contribution >= 0.6 is 11.8 Å². The first kappa shape index (κ1) is 29.9. The lowest BCUT2D eigenvalue weighted by molar-refractivity contribution is -0.138. The molecule has 210 valence electrons. The molecule has 1 aromatic carbocycles. The summed E-state index contributed by atoms with van der Waals surface area (Å²) in [4.78, 5) is 63.1. The van der Waals surface area contributed by atoms with E-state index in [1.54, 1.807) is 31.2 Å². The van der Waals surface area contributed by atoms with Crippen LogP contribution in [0.25, 0.3) is 11.1 Å². The number of benzene rings is 1. The summed E-state index contributed by atoms with van der Waals surface area (Å²) in [6.45, 7) is 8.04. The first-order chi connectivity index (χ1) is 18.7. The van der Waals surface area contributed by atoms with Crippen molar-refractivity contribution in [3.63, 3.8) is 0 Å². The van der Waals surface area contributed by atoms with E-state index in [1.807, 2.05) is 6.07 Å². The van der Waals surface area contributed by atoms with E-state index in [-0.39, 0.29) is 54.6 Å². The molecule has 2 aromatic rings. The van der Waals surface area contributed by atoms with E-state index in [2.05, 4.69) is 35.8 Å². The van der Waals surface area contributed by atoms with Gasteiger partial charge in [0, 0.05) is 5.56 Å². The number of rotatable bonds is 13. The maximum atomic E-state index is 13.7. The van der Waals surface area contributed by atoms with Gasteiger partial charge in [0.1, 0.15) is 24.1 Å². The highest BCUT2D eigenvalue weighted by atomic mass is 32.2. The molecule has 39 heavy (non-hydrogen) atoms. The quantitative estimate of drug-likeness (QED) is 0.158. The second-order valence-corrected chi connectivity index (χ2v) is 11.4. The van der Waals surface area contributed by atoms with E-state index < -0.39 is 22.6 Å². The number of ether oxygens (including phenoxy) is 3. The Bertz CT molecular complexity index is 1160. The van der Waals surface area contributed by atoms with Crippen molar-refractivity contribution in [3.8, 4) is 11.1 Å². The zero-order chi connectivity index (χ0) is 28.5. The third-order valence-corrected chi connectivity index (χ3v) is 7.98. The zero-order valence-electron chi connectivity index (χ0n) is 22.4. The fourth-order valence-electron chi connectivity index (χ4n) is 5.22. The van der Waals surface area contributed by atoms with Crippen molar-refractivity contribution < 1.29 is 38.2 Å². The average molecular weight is 559 g/mol. The maximum Gasteiger partial charge on any atom is 0.342 e. The number of hydrogen-bond donors (Lipinski definition) is 2. The molecule has 1 heterocycles. The number of thioether (sulfide) groups is 1. The smallest absolute Gasteiger partial charge is 0.342 e. The van der Waals surface area contributed by atoms with Crippen molar-refractivity contribution in [2.24, 2.45) is 17.8 Å². The van der Waals surface area contributed by atoms with Crippen molar-refractivity contribution in [2.45, 2.75) is 57.3 Å². The summed E-state index contributed by atoms with van der Waals surface area (Å²) in [7, 11) is 0. The number of anilines is 1. The van der Waals surface area contributed by atoms with Gasteiger partial charge in [-0.25, -0.2) is 4.79 Å². The molecule has 0 radical (unpaired) electrons. The summed E-state index contributed by atoms with van der Waals surface area (Å²) in [6, 6.07) is 8.90. The van der Waals surface area contributed by atoms with Gasteiger partial charge in [-0.2, -0.15) is 0 Å². The zero-order valence-corrected chi connectivity index (χ0v) is 23.2. The van der Waals surface area contributed by atoms with Crippen LogP contribution in [-0.2, 0) is 28.6 Å². The molecule has 0 saturated heterocycles. The van der Waals surface area contributed by atoms with Crippen LogP contribution in [0.5, 0.6) is 0 Å². The number of carbonyl (C=O) groups excluding carboxylic acids is 5. The highest BCUT2D eigenvalue weighted by Gasteiger charge is 2.36. The SMILES string of the molecule is CC1CC(C)C(OC(=O)c2c(NC(=O)C(C)SC(COC=O)OC=O)[nH]c(C=O)c2-c2ccccc2)C(C)C1. The van der Waals surface area contributed by atoms with Crippen molar-refractivity contribution >= 4 is 48.7 Å². The molecule has 1 amide bonds. The molecule has 4 unspecified atom stereocenters. The summed E-state index contributed by atoms with van der Waals surface area (Å²) in [5.41, 5.74) is 0.191. The predicted molar refractivity (Wildman–Crippen MR) is 146 cm³/mol. The van der Waals surface area contributed by atoms with Crippen LogP contribution in [0.3, 0.4) is 0 Å². The Hall–Kier alpha value is -3.60. The Morgan fingerprint density at radius 2 is 1.74 bits per heavy atom. The molecule has 0 bridgehead atoms. The number of esters is 1. The largest absolute Gasteiger partial charge is 0.463 e. The summed E-state index contributed by atoms with van der Waals surface area (Å²) < 4.78 is 15.6. The summed E-state index contributed by atoms with van der Waals surface area (Å²) in [6.07, 6.45) is 2.13. The number of aldehydes is 1. The highest BCUT2D eigenvalue weighted by molar-refractivity contribution is 8.01. The van der Waals surface area contributed by atoms with Crippen LogP contribution in [0, 0.1) is 17.8 Å². The normalized spacial score (nSPS) is 22.2. The van der Waals surface area contributed by atoms with Crippen LogP contribution in [0.2, 0.25) is 0 Å². The van der Waals surface area contributed by atoms with E-state index in [1.165, 1.54) is 0 Å². The molecule has 1 saturated carbocycles. The van der Waals surface area contributed by atoms with E-state index in [4.69, 9.17) is 9.47 Å². The lowest BCUT2D eigenvalue weighted by Crippen LogP contribution is -2.37. The van der Waals surface area contributed by atoms with Gasteiger partial charge in [0.25, 0.3) is 12.9 Å². The van der Waals surface area contributed by atoms with Gasteiger partial charge in [-0.3, -0.25) is 19.2 Å². The lowest BCUT2D eigenvalue weighted by Gasteiger charge is -2.37. The Labute approximate surface area is 231 Å². The van der Waals surface area contributed by atoms with Gasteiger partial charge in [-0.1, -0.05) is 51.1 Å². The fourth-order valence-corrected chi connectivity index (χ4v) is 6.13. The second-order valence-electron chi connectivity index (χ2n) is 9.91. The average Bonchev–Trinajstić information content (AvgIpc) is 3.28. The number of carbonyl (C=O) groups is 5. The third-order valence-electron chi connectivity index (χ3n) is 6.81. The van der Waals surface area contributed by atoms with Crippen LogP contribution < -0.4 is 5.32 Å². The predicted octanol–water partition coefficient (Wildman–Crippen LogP) is 4.45. The van der Waals surface area contributed by atoms with Gasteiger partial charge in [0.15, 0.2) is 11.7 Å². The summed E-state index contributed by atoms with van der Waals surface area (Å²) in [5.74, 6) is -0.332. The summed E-state index contributed by atoms with van der Waals surface area (Å²) in [5, 5.41) is 1.90. The van der Waals surface area contributed by atoms with Gasteiger partial charge in [-0.05, 0) is 43.1 Å². The van der Waals surface area contributed by atoms with Crippen molar-refractivity contribution in [2.75, 3.05) is 11.9 Å². The summed E-state index contributed by atoms with van der Waals surface area (Å²) >= 11 is 0.944. The molecular formula is C28H34N2O8S. The Morgan fingerprint density at radius 1 is 1.08 bits per heavy atom. The molecule has 1 fully saturated rings. The standard InChI is InChI=1S/C28H34N2O8S/c1-16-10-17(2)25(18(3)11-16)38-28(35)24-23(20-8-6-5-7-9-20)21(12-31)29-26(24)30-27(34)19(4)39-22(37-15-33)13-36-14-32/h5-9,12,14-19,22,25,29H,10-11,13H2,1-4H3,(H,30,34). The van der Waals surface area contributed by atoms with Crippen molar-refractivity contribution in [1.29, 1.82) is 0 Å². The van der Waals surface area contributed by atoms with Gasteiger partial charge >= 0.3 is 5.97 Å². The molecule has 1 aromatic heterocycles. The van der Waals surface area contributed by atoms with Crippen LogP contribution in [0.4, 0.5) is 5.82 Å². The molecule has 3 rings (SSSR count). The van der Waals surface area contributed by atoms with Gasteiger partial charge < -0.3 is 24.5 Å². The fraction of sp³-hybridized carbons (Fsp3) is 0.464. The van der Waals surface area contributed by atoms with Crippen LogP contribution in [-0.4, -0.2) is 59.5 Å². The topological polar surface area (TPSA) is 141 Å². The molecular weight excluding hydrogens is 524 g/mol. The van der Waals surface area contributed by atoms with Crippen LogP contribution in [0.1, 0.15) is 61.4 Å². The monoisotopic (exact) mass is 558 g/mol. The number of nitrogens with one attached hydrogen (secondary N) is 2. The van der Waals surface area contributed by atoms with Gasteiger partial charge in [0.2, 0.25) is 5.91 Å². The Morgan fingerprint density at radius 3 is 2.33 bits per heavy atom. The van der Waals surface area contributed by atoms with Crippen LogP contribution in [0.15, 0.2) is 30.3 Å². The third kappa shape index (κ3) is 7.50. The van der Waals surface area contributed by atoms with E-state index >= 15 is 0 Å². The number of amides is 1. The van der Waals surface area contributed by atoms with E-state index in [0.717, 1.165) is 24.6 Å². The Kier molecular flexibility index (Phi) is 10.7. The number of aromatic nitrogens is 1. The number of hydrogen-bond acceptors (Lipinski definition) is 9. The van der Waals surface area contributed by atoms with E-state index in [0.29, 0.717) is 23.3 Å². The minimum absolute atomic E-state index is 0.0277. The Balaban J connectivity index is 1.94. The second kappa shape index (κ2) is 14.0. The highest BCUT2D eigenvalue weighted by Crippen LogP contribution is 2.38. The minimum atomic E-state index is -0.913. The number of H-pyrrole nitrogens is 1. The van der Waals surface area contributed by atoms with E-state index in [9.17, 15) is 24.0 Å². The first-order valence-corrected chi connectivity index (χ1v) is 13.7. The molecule has 0 aliphatic heterocycles.